The van der Waals surface area contributed by atoms with Gasteiger partial charge in [-0.05, 0) is 36.1 Å². The number of nitro groups is 1. The van der Waals surface area contributed by atoms with Crippen LogP contribution >= 0.6 is 11.8 Å². The third-order valence-electron chi connectivity index (χ3n) is 3.54. The molecule has 0 saturated carbocycles. The number of nitrogens with one attached hydrogen (secondary N) is 1. The molecule has 8 nitrogen and oxygen atoms in total. The van der Waals surface area contributed by atoms with E-state index in [0.29, 0.717) is 12.3 Å². The van der Waals surface area contributed by atoms with Crippen LogP contribution in [0, 0.1) is 10.1 Å². The van der Waals surface area contributed by atoms with Crippen molar-refractivity contribution in [3.8, 4) is 0 Å². The minimum absolute atomic E-state index is 0.0240. The van der Waals surface area contributed by atoms with Gasteiger partial charge in [0, 0.05) is 22.6 Å². The number of hydrogen-bond acceptors (Lipinski definition) is 7. The van der Waals surface area contributed by atoms with Crippen LogP contribution in [0.15, 0.2) is 57.8 Å². The molecule has 0 spiro atoms. The van der Waals surface area contributed by atoms with Crippen LogP contribution in [0.2, 0.25) is 0 Å². The number of carbonyl (C=O) groups excluding carboxylic acids is 1. The molecular formula is C17H14N4O4S. The van der Waals surface area contributed by atoms with Crippen molar-refractivity contribution < 1.29 is 14.1 Å². The van der Waals surface area contributed by atoms with Crippen molar-refractivity contribution in [2.45, 2.75) is 11.3 Å². The van der Waals surface area contributed by atoms with Gasteiger partial charge in [0.25, 0.3) is 11.6 Å². The van der Waals surface area contributed by atoms with E-state index in [-0.39, 0.29) is 17.3 Å². The summed E-state index contributed by atoms with van der Waals surface area (Å²) in [5.74, 6) is -0.111. The first kappa shape index (κ1) is 17.6. The maximum Gasteiger partial charge on any atom is 0.322 e. The Morgan fingerprint density at radius 1 is 1.15 bits per heavy atom. The van der Waals surface area contributed by atoms with E-state index in [1.165, 1.54) is 24.3 Å². The van der Waals surface area contributed by atoms with Crippen LogP contribution in [-0.2, 0) is 6.42 Å². The summed E-state index contributed by atoms with van der Waals surface area (Å²) in [6, 6.07) is 13.2. The SMILES string of the molecule is CSc1ccc(Cc2nnc(NC(=O)c3ccc([N+](=O)[O-])cc3)o2)cc1. The van der Waals surface area contributed by atoms with Gasteiger partial charge in [-0.1, -0.05) is 17.2 Å². The van der Waals surface area contributed by atoms with Crippen molar-refractivity contribution >= 4 is 29.4 Å². The highest BCUT2D eigenvalue weighted by molar-refractivity contribution is 7.98. The van der Waals surface area contributed by atoms with Gasteiger partial charge in [-0.15, -0.1) is 16.9 Å². The molecule has 0 atom stereocenters. The van der Waals surface area contributed by atoms with E-state index in [4.69, 9.17) is 4.42 Å². The zero-order chi connectivity index (χ0) is 18.5. The second-order valence-corrected chi connectivity index (χ2v) is 6.16. The molecule has 0 fully saturated rings. The molecule has 2 aromatic carbocycles. The summed E-state index contributed by atoms with van der Waals surface area (Å²) >= 11 is 1.66. The van der Waals surface area contributed by atoms with Crippen molar-refractivity contribution in [1.82, 2.24) is 10.2 Å². The number of aromatic nitrogens is 2. The van der Waals surface area contributed by atoms with Crippen LogP contribution in [0.3, 0.4) is 0 Å². The van der Waals surface area contributed by atoms with Crippen LogP contribution in [0.4, 0.5) is 11.7 Å². The Morgan fingerprint density at radius 3 is 2.46 bits per heavy atom. The zero-order valence-corrected chi connectivity index (χ0v) is 14.5. The highest BCUT2D eigenvalue weighted by Gasteiger charge is 2.13. The fourth-order valence-electron chi connectivity index (χ4n) is 2.20. The Morgan fingerprint density at radius 2 is 1.85 bits per heavy atom. The Kier molecular flexibility index (Phi) is 5.28. The second-order valence-electron chi connectivity index (χ2n) is 5.28. The van der Waals surface area contributed by atoms with Gasteiger partial charge < -0.3 is 4.42 Å². The molecule has 1 aromatic heterocycles. The van der Waals surface area contributed by atoms with Gasteiger partial charge in [-0.25, -0.2) is 0 Å². The normalized spacial score (nSPS) is 10.5. The fraction of sp³-hybridized carbons (Fsp3) is 0.118. The third-order valence-corrected chi connectivity index (χ3v) is 4.29. The maximum absolute atomic E-state index is 12.1. The lowest BCUT2D eigenvalue weighted by Gasteiger charge is -2.00. The monoisotopic (exact) mass is 370 g/mol. The summed E-state index contributed by atoms with van der Waals surface area (Å²) in [7, 11) is 0. The fourth-order valence-corrected chi connectivity index (χ4v) is 2.61. The second kappa shape index (κ2) is 7.79. The average Bonchev–Trinajstić information content (AvgIpc) is 3.09. The zero-order valence-electron chi connectivity index (χ0n) is 13.7. The van der Waals surface area contributed by atoms with E-state index in [2.05, 4.69) is 15.5 Å². The van der Waals surface area contributed by atoms with Crippen LogP contribution in [-0.4, -0.2) is 27.3 Å². The third kappa shape index (κ3) is 4.25. The Bertz CT molecular complexity index is 923. The number of carbonyl (C=O) groups is 1. The van der Waals surface area contributed by atoms with Crippen molar-refractivity contribution in [3.63, 3.8) is 0 Å². The molecule has 1 heterocycles. The number of amides is 1. The molecule has 132 valence electrons. The van der Waals surface area contributed by atoms with Gasteiger partial charge in [0.2, 0.25) is 5.89 Å². The molecule has 0 radical (unpaired) electrons. The van der Waals surface area contributed by atoms with Gasteiger partial charge >= 0.3 is 6.01 Å². The number of nitro benzene ring substituents is 1. The highest BCUT2D eigenvalue weighted by Crippen LogP contribution is 2.18. The Balaban J connectivity index is 1.63. The minimum atomic E-state index is -0.530. The summed E-state index contributed by atoms with van der Waals surface area (Å²) in [5.41, 5.74) is 1.18. The van der Waals surface area contributed by atoms with Crippen LogP contribution in [0.25, 0.3) is 0 Å². The summed E-state index contributed by atoms with van der Waals surface area (Å²) in [5, 5.41) is 20.8. The topological polar surface area (TPSA) is 111 Å². The quantitative estimate of drug-likeness (QED) is 0.401. The van der Waals surface area contributed by atoms with Crippen LogP contribution < -0.4 is 5.32 Å². The van der Waals surface area contributed by atoms with Crippen molar-refractivity contribution in [3.05, 3.63) is 75.7 Å². The molecule has 1 N–H and O–H groups in total. The van der Waals surface area contributed by atoms with E-state index in [1.54, 1.807) is 11.8 Å². The summed E-state index contributed by atoms with van der Waals surface area (Å²) in [6.07, 6.45) is 2.46. The van der Waals surface area contributed by atoms with E-state index in [1.807, 2.05) is 30.5 Å². The van der Waals surface area contributed by atoms with Gasteiger partial charge in [-0.3, -0.25) is 20.2 Å². The lowest BCUT2D eigenvalue weighted by atomic mass is 10.1. The summed E-state index contributed by atoms with van der Waals surface area (Å²) in [6.45, 7) is 0. The van der Waals surface area contributed by atoms with Gasteiger partial charge in [0.15, 0.2) is 0 Å². The van der Waals surface area contributed by atoms with E-state index in [0.717, 1.165) is 10.5 Å². The van der Waals surface area contributed by atoms with E-state index >= 15 is 0 Å². The standard InChI is InChI=1S/C17H14N4O4S/c1-26-14-8-2-11(3-9-14)10-15-19-20-17(25-15)18-16(22)12-4-6-13(7-5-12)21(23)24/h2-9H,10H2,1H3,(H,18,20,22). The molecule has 0 bridgehead atoms. The number of hydrogen-bond donors (Lipinski definition) is 1. The number of nitrogens with zero attached hydrogens (tertiary/aromatic N) is 3. The predicted octanol–water partition coefficient (Wildman–Crippen LogP) is 3.54. The van der Waals surface area contributed by atoms with Gasteiger partial charge in [-0.2, -0.15) is 0 Å². The molecule has 0 unspecified atom stereocenters. The first-order valence-electron chi connectivity index (χ1n) is 7.56. The van der Waals surface area contributed by atoms with E-state index in [9.17, 15) is 14.9 Å². The number of non-ortho nitro benzene ring substituents is 1. The molecule has 0 saturated heterocycles. The number of rotatable bonds is 6. The van der Waals surface area contributed by atoms with Gasteiger partial charge in [0.1, 0.15) is 0 Å². The molecule has 26 heavy (non-hydrogen) atoms. The van der Waals surface area contributed by atoms with Gasteiger partial charge in [0.05, 0.1) is 11.3 Å². The van der Waals surface area contributed by atoms with Crippen LogP contribution in [0.5, 0.6) is 0 Å². The molecule has 3 rings (SSSR count). The molecular weight excluding hydrogens is 356 g/mol. The average molecular weight is 370 g/mol. The lowest BCUT2D eigenvalue weighted by Crippen LogP contribution is -2.12. The minimum Gasteiger partial charge on any atom is -0.407 e. The predicted molar refractivity (Wildman–Crippen MR) is 96.4 cm³/mol. The number of benzene rings is 2. The van der Waals surface area contributed by atoms with Crippen LogP contribution in [0.1, 0.15) is 21.8 Å². The van der Waals surface area contributed by atoms with Crippen molar-refractivity contribution in [2.75, 3.05) is 11.6 Å². The maximum atomic E-state index is 12.1. The molecule has 1 amide bonds. The van der Waals surface area contributed by atoms with Crippen molar-refractivity contribution in [1.29, 1.82) is 0 Å². The van der Waals surface area contributed by atoms with Crippen molar-refractivity contribution in [2.24, 2.45) is 0 Å². The lowest BCUT2D eigenvalue weighted by molar-refractivity contribution is -0.384. The summed E-state index contributed by atoms with van der Waals surface area (Å²) in [4.78, 5) is 23.4. The largest absolute Gasteiger partial charge is 0.407 e. The summed E-state index contributed by atoms with van der Waals surface area (Å²) < 4.78 is 5.43. The Hall–Kier alpha value is -3.20. The van der Waals surface area contributed by atoms with E-state index < -0.39 is 10.8 Å². The molecule has 3 aromatic rings. The number of thioether (sulfide) groups is 1. The molecule has 0 aliphatic carbocycles. The Labute approximate surface area is 152 Å². The first-order chi connectivity index (χ1) is 12.5. The molecule has 9 heteroatoms. The smallest absolute Gasteiger partial charge is 0.322 e. The first-order valence-corrected chi connectivity index (χ1v) is 8.79. The molecule has 0 aliphatic rings. The number of anilines is 1. The highest BCUT2D eigenvalue weighted by atomic mass is 32.2. The molecule has 0 aliphatic heterocycles.